The van der Waals surface area contributed by atoms with Crippen LogP contribution < -0.4 is 9.64 Å². The molecule has 0 N–H and O–H groups in total. The average Bonchev–Trinajstić information content (AvgIpc) is 3.27. The molecule has 0 bridgehead atoms. The summed E-state index contributed by atoms with van der Waals surface area (Å²) < 4.78 is 60.9. The van der Waals surface area contributed by atoms with Crippen molar-refractivity contribution >= 4 is 27.7 Å². The average molecular weight is 518 g/mol. The molecule has 2 unspecified atom stereocenters. The highest BCUT2D eigenvalue weighted by molar-refractivity contribution is 7.84. The molecule has 8 nitrogen and oxygen atoms in total. The number of nitrogens with zero attached hydrogens (tertiary/aromatic N) is 5. The van der Waals surface area contributed by atoms with Crippen LogP contribution in [0.2, 0.25) is 0 Å². The van der Waals surface area contributed by atoms with Crippen LogP contribution in [0.3, 0.4) is 0 Å². The van der Waals surface area contributed by atoms with Crippen LogP contribution in [-0.2, 0) is 22.1 Å². The van der Waals surface area contributed by atoms with Gasteiger partial charge < -0.3 is 18.9 Å². The van der Waals surface area contributed by atoms with E-state index in [1.54, 1.807) is 30.7 Å². The molecule has 36 heavy (non-hydrogen) atoms. The second kappa shape index (κ2) is 9.86. The van der Waals surface area contributed by atoms with Crippen LogP contribution in [0.25, 0.3) is 11.0 Å². The van der Waals surface area contributed by atoms with Gasteiger partial charge in [0.2, 0.25) is 0 Å². The molecule has 0 spiro atoms. The molecule has 1 fully saturated rings. The van der Waals surface area contributed by atoms with E-state index in [2.05, 4.69) is 24.6 Å². The summed E-state index contributed by atoms with van der Waals surface area (Å²) in [6, 6.07) is 11.2. The Labute approximate surface area is 207 Å². The van der Waals surface area contributed by atoms with Gasteiger partial charge in [-0.1, -0.05) is 18.2 Å². The van der Waals surface area contributed by atoms with Crippen molar-refractivity contribution in [3.8, 4) is 5.75 Å². The lowest BCUT2D eigenvalue weighted by Crippen LogP contribution is -2.40. The Balaban J connectivity index is 1.42. The van der Waals surface area contributed by atoms with Crippen LogP contribution in [0.4, 0.5) is 19.0 Å². The maximum atomic E-state index is 12.5. The maximum absolute atomic E-state index is 12.5. The number of anilines is 1. The minimum absolute atomic E-state index is 0.244. The number of fused-ring (bicyclic) bond motifs is 1. The van der Waals surface area contributed by atoms with E-state index < -0.39 is 17.2 Å². The maximum Gasteiger partial charge on any atom is 0.573 e. The highest BCUT2D eigenvalue weighted by atomic mass is 32.2. The quantitative estimate of drug-likeness (QED) is 0.381. The van der Waals surface area contributed by atoms with Gasteiger partial charge in [-0.15, -0.1) is 13.2 Å². The highest BCUT2D eigenvalue weighted by Crippen LogP contribution is 2.34. The summed E-state index contributed by atoms with van der Waals surface area (Å²) in [5, 5.41) is 1.37. The molecule has 2 atom stereocenters. The van der Waals surface area contributed by atoms with Crippen LogP contribution >= 0.6 is 0 Å². The van der Waals surface area contributed by atoms with Gasteiger partial charge in [0.25, 0.3) is 0 Å². The van der Waals surface area contributed by atoms with E-state index >= 15 is 0 Å². The van der Waals surface area contributed by atoms with Crippen molar-refractivity contribution in [1.29, 1.82) is 0 Å². The number of pyridine rings is 1. The van der Waals surface area contributed by atoms with Gasteiger partial charge >= 0.3 is 6.36 Å². The van der Waals surface area contributed by atoms with Crippen molar-refractivity contribution < 1.29 is 26.9 Å². The van der Waals surface area contributed by atoms with Gasteiger partial charge in [0.1, 0.15) is 28.6 Å². The molecule has 0 amide bonds. The fraction of sp³-hybridized carbons (Fsp3) is 0.292. The molecule has 1 saturated heterocycles. The minimum Gasteiger partial charge on any atom is -0.406 e. The zero-order chi connectivity index (χ0) is 25.3. The second-order valence-corrected chi connectivity index (χ2v) is 9.56. The first-order valence-corrected chi connectivity index (χ1v) is 12.6. The molecule has 4 heterocycles. The summed E-state index contributed by atoms with van der Waals surface area (Å²) in [5.41, 5.74) is 2.46. The SMILES string of the molecule is CS(=O)c1ccc(Cn2ccc3c(N4CCOCC4c4ccc(OC(F)(F)F)cc4)ncnc32)cn1. The zero-order valence-corrected chi connectivity index (χ0v) is 20.0. The van der Waals surface area contributed by atoms with E-state index in [9.17, 15) is 17.4 Å². The van der Waals surface area contributed by atoms with E-state index in [1.165, 1.54) is 18.5 Å². The second-order valence-electron chi connectivity index (χ2n) is 8.24. The number of halogens is 3. The molecule has 188 valence electrons. The molecule has 1 aliphatic rings. The number of ether oxygens (including phenoxy) is 2. The highest BCUT2D eigenvalue weighted by Gasteiger charge is 2.32. The van der Waals surface area contributed by atoms with Crippen molar-refractivity contribution in [3.63, 3.8) is 0 Å². The van der Waals surface area contributed by atoms with E-state index in [4.69, 9.17) is 4.74 Å². The van der Waals surface area contributed by atoms with Gasteiger partial charge in [0.15, 0.2) is 0 Å². The van der Waals surface area contributed by atoms with Crippen molar-refractivity contribution in [1.82, 2.24) is 19.5 Å². The number of benzene rings is 1. The van der Waals surface area contributed by atoms with Crippen LogP contribution in [0.5, 0.6) is 5.75 Å². The van der Waals surface area contributed by atoms with Crippen molar-refractivity contribution in [2.24, 2.45) is 0 Å². The van der Waals surface area contributed by atoms with Gasteiger partial charge in [-0.2, -0.15) is 0 Å². The van der Waals surface area contributed by atoms with Crippen LogP contribution in [-0.4, -0.2) is 56.1 Å². The lowest BCUT2D eigenvalue weighted by molar-refractivity contribution is -0.274. The topological polar surface area (TPSA) is 82.4 Å². The summed E-state index contributed by atoms with van der Waals surface area (Å²) in [6.45, 7) is 1.94. The first-order chi connectivity index (χ1) is 17.3. The number of rotatable bonds is 6. The monoisotopic (exact) mass is 517 g/mol. The van der Waals surface area contributed by atoms with Gasteiger partial charge in [0.05, 0.1) is 42.0 Å². The molecule has 5 rings (SSSR count). The minimum atomic E-state index is -4.74. The molecule has 3 aromatic heterocycles. The Morgan fingerprint density at radius 3 is 2.61 bits per heavy atom. The van der Waals surface area contributed by atoms with Crippen molar-refractivity contribution in [2.45, 2.75) is 24.0 Å². The Morgan fingerprint density at radius 2 is 1.92 bits per heavy atom. The van der Waals surface area contributed by atoms with Gasteiger partial charge in [-0.3, -0.25) is 4.21 Å². The third-order valence-corrected chi connectivity index (χ3v) is 6.71. The Bertz CT molecular complexity index is 1380. The fourth-order valence-corrected chi connectivity index (χ4v) is 4.70. The van der Waals surface area contributed by atoms with Crippen LogP contribution in [0.15, 0.2) is 66.2 Å². The Hall–Kier alpha value is -3.51. The van der Waals surface area contributed by atoms with Gasteiger partial charge in [0, 0.05) is 25.2 Å². The molecule has 4 aromatic rings. The first-order valence-electron chi connectivity index (χ1n) is 11.1. The van der Waals surface area contributed by atoms with E-state index in [-0.39, 0.29) is 11.8 Å². The lowest BCUT2D eigenvalue weighted by atomic mass is 10.0. The van der Waals surface area contributed by atoms with E-state index in [0.29, 0.717) is 31.3 Å². The molecule has 1 aliphatic heterocycles. The van der Waals surface area contributed by atoms with Crippen LogP contribution in [0.1, 0.15) is 17.2 Å². The van der Waals surface area contributed by atoms with Gasteiger partial charge in [-0.05, 0) is 35.4 Å². The predicted octanol–water partition coefficient (Wildman–Crippen LogP) is 4.09. The summed E-state index contributed by atoms with van der Waals surface area (Å²) in [7, 11) is -1.14. The van der Waals surface area contributed by atoms with E-state index in [1.807, 2.05) is 22.9 Å². The molecule has 0 aliphatic carbocycles. The standard InChI is InChI=1S/C24H22F3N5O3S/c1-36(33)21-7-2-16(12-28-21)13-31-9-8-19-22(31)29-15-30-23(19)32-10-11-34-14-20(32)17-3-5-18(6-4-17)35-24(25,26)27/h2-9,12,15,20H,10-11,13-14H2,1H3. The molecule has 0 saturated carbocycles. The third-order valence-electron chi connectivity index (χ3n) is 5.88. The Morgan fingerprint density at radius 1 is 1.11 bits per heavy atom. The van der Waals surface area contributed by atoms with Gasteiger partial charge in [-0.25, -0.2) is 15.0 Å². The lowest BCUT2D eigenvalue weighted by Gasteiger charge is -2.37. The number of hydrogen-bond donors (Lipinski definition) is 0. The number of alkyl halides is 3. The van der Waals surface area contributed by atoms with Crippen molar-refractivity contribution in [3.05, 3.63) is 72.3 Å². The molecule has 12 heteroatoms. The summed E-state index contributed by atoms with van der Waals surface area (Å²) in [6.07, 6.45) is 1.97. The fourth-order valence-electron chi connectivity index (χ4n) is 4.24. The molecular weight excluding hydrogens is 495 g/mol. The molecular formula is C24H22F3N5O3S. The predicted molar refractivity (Wildman–Crippen MR) is 127 cm³/mol. The Kier molecular flexibility index (Phi) is 6.63. The largest absolute Gasteiger partial charge is 0.573 e. The molecule has 0 radical (unpaired) electrons. The number of morpholine rings is 1. The normalized spacial score (nSPS) is 17.3. The number of aromatic nitrogens is 4. The summed E-state index contributed by atoms with van der Waals surface area (Å²) >= 11 is 0. The smallest absolute Gasteiger partial charge is 0.406 e. The third kappa shape index (κ3) is 5.19. The first kappa shape index (κ1) is 24.2. The van der Waals surface area contributed by atoms with Crippen molar-refractivity contribution in [2.75, 3.05) is 30.9 Å². The summed E-state index contributed by atoms with van der Waals surface area (Å²) in [5.74, 6) is 0.446. The van der Waals surface area contributed by atoms with Crippen LogP contribution in [0, 0.1) is 0 Å². The van der Waals surface area contributed by atoms with E-state index in [0.717, 1.165) is 28.0 Å². The zero-order valence-electron chi connectivity index (χ0n) is 19.2. The molecule has 1 aromatic carbocycles. The number of hydrogen-bond acceptors (Lipinski definition) is 7. The summed E-state index contributed by atoms with van der Waals surface area (Å²) in [4.78, 5) is 15.4.